The second kappa shape index (κ2) is 8.12. The van der Waals surface area contributed by atoms with Crippen LogP contribution in [0.15, 0.2) is 18.2 Å². The van der Waals surface area contributed by atoms with Crippen molar-refractivity contribution >= 4 is 24.0 Å². The predicted octanol–water partition coefficient (Wildman–Crippen LogP) is 2.75. The van der Waals surface area contributed by atoms with Crippen molar-refractivity contribution in [3.05, 3.63) is 23.8 Å². The number of aryl methyl sites for hydroxylation is 1. The fraction of sp³-hybridized carbons (Fsp3) is 0.533. The second-order valence-electron chi connectivity index (χ2n) is 5.15. The van der Waals surface area contributed by atoms with Crippen LogP contribution < -0.4 is 15.4 Å². The number of halogens is 1. The van der Waals surface area contributed by atoms with Crippen molar-refractivity contribution in [2.45, 2.75) is 26.2 Å². The van der Waals surface area contributed by atoms with Gasteiger partial charge in [0, 0.05) is 6.42 Å². The van der Waals surface area contributed by atoms with E-state index in [2.05, 4.69) is 10.6 Å². The third-order valence-corrected chi connectivity index (χ3v) is 3.56. The van der Waals surface area contributed by atoms with E-state index in [9.17, 15) is 4.79 Å². The number of amides is 1. The maximum Gasteiger partial charge on any atom is 0.224 e. The number of rotatable bonds is 4. The fourth-order valence-corrected chi connectivity index (χ4v) is 2.47. The van der Waals surface area contributed by atoms with Gasteiger partial charge in [-0.05, 0) is 56.5 Å². The highest BCUT2D eigenvalue weighted by Gasteiger charge is 2.17. The number of nitrogens with one attached hydrogen (secondary N) is 2. The Morgan fingerprint density at radius 1 is 1.40 bits per heavy atom. The topological polar surface area (TPSA) is 50.4 Å². The van der Waals surface area contributed by atoms with Crippen molar-refractivity contribution in [2.24, 2.45) is 5.92 Å². The SMILES string of the molecule is COc1ccc(C)cc1NC(=O)CC1CCNCC1.Cl. The number of carbonyl (C=O) groups is 1. The molecule has 0 aliphatic carbocycles. The molecule has 2 N–H and O–H groups in total. The van der Waals surface area contributed by atoms with Crippen molar-refractivity contribution in [3.63, 3.8) is 0 Å². The minimum atomic E-state index is 0. The van der Waals surface area contributed by atoms with Gasteiger partial charge in [0.05, 0.1) is 12.8 Å². The first-order valence-electron chi connectivity index (χ1n) is 6.84. The van der Waals surface area contributed by atoms with E-state index in [4.69, 9.17) is 4.74 Å². The van der Waals surface area contributed by atoms with Gasteiger partial charge in [-0.15, -0.1) is 12.4 Å². The molecule has 1 heterocycles. The van der Waals surface area contributed by atoms with Crippen molar-refractivity contribution in [1.29, 1.82) is 0 Å². The molecule has 1 aliphatic rings. The smallest absolute Gasteiger partial charge is 0.224 e. The zero-order valence-corrected chi connectivity index (χ0v) is 12.9. The van der Waals surface area contributed by atoms with E-state index in [0.717, 1.165) is 37.2 Å². The summed E-state index contributed by atoms with van der Waals surface area (Å²) in [5.74, 6) is 1.29. The molecule has 0 bridgehead atoms. The van der Waals surface area contributed by atoms with E-state index in [1.165, 1.54) is 0 Å². The number of anilines is 1. The van der Waals surface area contributed by atoms with Crippen LogP contribution in [0.2, 0.25) is 0 Å². The normalized spacial score (nSPS) is 15.3. The molecule has 1 saturated heterocycles. The van der Waals surface area contributed by atoms with E-state index in [0.29, 0.717) is 18.1 Å². The third-order valence-electron chi connectivity index (χ3n) is 3.56. The minimum Gasteiger partial charge on any atom is -0.495 e. The van der Waals surface area contributed by atoms with E-state index in [1.807, 2.05) is 25.1 Å². The molecular formula is C15H23ClN2O2. The molecule has 5 heteroatoms. The average molecular weight is 299 g/mol. The molecule has 0 aromatic heterocycles. The molecule has 0 spiro atoms. The largest absolute Gasteiger partial charge is 0.495 e. The molecule has 1 aromatic carbocycles. The predicted molar refractivity (Wildman–Crippen MR) is 83.8 cm³/mol. The highest BCUT2D eigenvalue weighted by molar-refractivity contribution is 5.92. The number of carbonyl (C=O) groups excluding carboxylic acids is 1. The van der Waals surface area contributed by atoms with Crippen LogP contribution in [-0.2, 0) is 4.79 Å². The Morgan fingerprint density at radius 2 is 2.10 bits per heavy atom. The third kappa shape index (κ3) is 4.69. The van der Waals surface area contributed by atoms with Crippen molar-refractivity contribution < 1.29 is 9.53 Å². The summed E-state index contributed by atoms with van der Waals surface area (Å²) in [5.41, 5.74) is 1.87. The number of piperidine rings is 1. The molecule has 0 radical (unpaired) electrons. The standard InChI is InChI=1S/C15H22N2O2.ClH/c1-11-3-4-14(19-2)13(9-11)17-15(18)10-12-5-7-16-8-6-12;/h3-4,9,12,16H,5-8,10H2,1-2H3,(H,17,18);1H. The molecule has 2 rings (SSSR count). The lowest BCUT2D eigenvalue weighted by atomic mass is 9.94. The summed E-state index contributed by atoms with van der Waals surface area (Å²) in [6, 6.07) is 5.80. The van der Waals surface area contributed by atoms with Gasteiger partial charge in [0.15, 0.2) is 0 Å². The number of benzene rings is 1. The summed E-state index contributed by atoms with van der Waals surface area (Å²) in [6.07, 6.45) is 2.76. The van der Waals surface area contributed by atoms with Gasteiger partial charge in [-0.2, -0.15) is 0 Å². The van der Waals surface area contributed by atoms with E-state index >= 15 is 0 Å². The Bertz CT molecular complexity index is 445. The summed E-state index contributed by atoms with van der Waals surface area (Å²) in [6.45, 7) is 4.04. The van der Waals surface area contributed by atoms with Crippen LogP contribution in [0.25, 0.3) is 0 Å². The lowest BCUT2D eigenvalue weighted by molar-refractivity contribution is -0.117. The van der Waals surface area contributed by atoms with Crippen LogP contribution in [0.3, 0.4) is 0 Å². The Labute approximate surface area is 126 Å². The highest BCUT2D eigenvalue weighted by atomic mass is 35.5. The van der Waals surface area contributed by atoms with Gasteiger partial charge in [0.25, 0.3) is 0 Å². The van der Waals surface area contributed by atoms with E-state index in [1.54, 1.807) is 7.11 Å². The summed E-state index contributed by atoms with van der Waals surface area (Å²) >= 11 is 0. The molecule has 1 fully saturated rings. The summed E-state index contributed by atoms with van der Waals surface area (Å²) in [5, 5.41) is 6.28. The molecular weight excluding hydrogens is 276 g/mol. The van der Waals surface area contributed by atoms with Gasteiger partial charge in [0.2, 0.25) is 5.91 Å². The molecule has 1 aliphatic heterocycles. The van der Waals surface area contributed by atoms with Crippen molar-refractivity contribution in [1.82, 2.24) is 5.32 Å². The van der Waals surface area contributed by atoms with Crippen LogP contribution >= 0.6 is 12.4 Å². The van der Waals surface area contributed by atoms with Gasteiger partial charge < -0.3 is 15.4 Å². The number of ether oxygens (including phenoxy) is 1. The van der Waals surface area contributed by atoms with Gasteiger partial charge >= 0.3 is 0 Å². The van der Waals surface area contributed by atoms with Gasteiger partial charge in [-0.25, -0.2) is 0 Å². The molecule has 0 saturated carbocycles. The van der Waals surface area contributed by atoms with Crippen LogP contribution in [0.4, 0.5) is 5.69 Å². The first-order valence-corrected chi connectivity index (χ1v) is 6.84. The summed E-state index contributed by atoms with van der Waals surface area (Å²) < 4.78 is 5.27. The monoisotopic (exact) mass is 298 g/mol. The Morgan fingerprint density at radius 3 is 2.75 bits per heavy atom. The number of hydrogen-bond acceptors (Lipinski definition) is 3. The van der Waals surface area contributed by atoms with Gasteiger partial charge in [0.1, 0.15) is 5.75 Å². The zero-order chi connectivity index (χ0) is 13.7. The molecule has 1 amide bonds. The maximum atomic E-state index is 12.1. The highest BCUT2D eigenvalue weighted by Crippen LogP contribution is 2.26. The van der Waals surface area contributed by atoms with Gasteiger partial charge in [-0.3, -0.25) is 4.79 Å². The second-order valence-corrected chi connectivity index (χ2v) is 5.15. The van der Waals surface area contributed by atoms with Crippen LogP contribution in [0.5, 0.6) is 5.75 Å². The molecule has 20 heavy (non-hydrogen) atoms. The Hall–Kier alpha value is -1.26. The first kappa shape index (κ1) is 16.8. The molecule has 0 unspecified atom stereocenters. The van der Waals surface area contributed by atoms with Crippen LogP contribution in [0, 0.1) is 12.8 Å². The fourth-order valence-electron chi connectivity index (χ4n) is 2.47. The lowest BCUT2D eigenvalue weighted by Crippen LogP contribution is -2.30. The Kier molecular flexibility index (Phi) is 6.82. The van der Waals surface area contributed by atoms with Crippen LogP contribution in [0.1, 0.15) is 24.8 Å². The molecule has 4 nitrogen and oxygen atoms in total. The molecule has 112 valence electrons. The zero-order valence-electron chi connectivity index (χ0n) is 12.1. The number of hydrogen-bond donors (Lipinski definition) is 2. The summed E-state index contributed by atoms with van der Waals surface area (Å²) in [7, 11) is 1.62. The van der Waals surface area contributed by atoms with E-state index < -0.39 is 0 Å². The maximum absolute atomic E-state index is 12.1. The molecule has 0 atom stereocenters. The quantitative estimate of drug-likeness (QED) is 0.898. The average Bonchev–Trinajstić information content (AvgIpc) is 2.40. The molecule has 1 aromatic rings. The van der Waals surface area contributed by atoms with E-state index in [-0.39, 0.29) is 18.3 Å². The van der Waals surface area contributed by atoms with Crippen LogP contribution in [-0.4, -0.2) is 26.1 Å². The lowest BCUT2D eigenvalue weighted by Gasteiger charge is -2.22. The summed E-state index contributed by atoms with van der Waals surface area (Å²) in [4.78, 5) is 12.1. The number of methoxy groups -OCH3 is 1. The van der Waals surface area contributed by atoms with Crippen molar-refractivity contribution in [2.75, 3.05) is 25.5 Å². The van der Waals surface area contributed by atoms with Crippen molar-refractivity contribution in [3.8, 4) is 5.75 Å². The Balaban J connectivity index is 0.00000200. The first-order chi connectivity index (χ1) is 9.19. The minimum absolute atomic E-state index is 0. The van der Waals surface area contributed by atoms with Gasteiger partial charge in [-0.1, -0.05) is 6.07 Å².